The van der Waals surface area contributed by atoms with Gasteiger partial charge in [-0.25, -0.2) is 9.97 Å². The molecule has 0 aliphatic carbocycles. The number of methoxy groups -OCH3 is 1. The molecule has 3 nitrogen and oxygen atoms in total. The molecule has 2 rings (SSSR count). The van der Waals surface area contributed by atoms with Crippen LogP contribution >= 0.6 is 35.1 Å². The summed E-state index contributed by atoms with van der Waals surface area (Å²) in [5.74, 6) is 1.66. The predicted molar refractivity (Wildman–Crippen MR) is 81.4 cm³/mol. The van der Waals surface area contributed by atoms with Crippen LogP contribution in [0, 0.1) is 0 Å². The third kappa shape index (κ3) is 4.30. The molecule has 0 aliphatic heterocycles. The van der Waals surface area contributed by atoms with Crippen molar-refractivity contribution in [2.75, 3.05) is 13.4 Å². The van der Waals surface area contributed by atoms with Gasteiger partial charge in [0.15, 0.2) is 5.16 Å². The van der Waals surface area contributed by atoms with Crippen molar-refractivity contribution in [2.45, 2.75) is 15.9 Å². The van der Waals surface area contributed by atoms with Crippen molar-refractivity contribution >= 4 is 35.1 Å². The highest BCUT2D eigenvalue weighted by atomic mass is 35.5. The lowest BCUT2D eigenvalue weighted by atomic mass is 10.2. The average molecular weight is 313 g/mol. The van der Waals surface area contributed by atoms with E-state index in [1.807, 2.05) is 30.5 Å². The zero-order valence-corrected chi connectivity index (χ0v) is 13.0. The first-order chi connectivity index (χ1) is 9.21. The van der Waals surface area contributed by atoms with Crippen molar-refractivity contribution in [3.63, 3.8) is 0 Å². The van der Waals surface area contributed by atoms with Crippen LogP contribution in [-0.4, -0.2) is 23.3 Å². The largest absolute Gasteiger partial charge is 0.497 e. The fourth-order valence-corrected chi connectivity index (χ4v) is 2.99. The van der Waals surface area contributed by atoms with Crippen LogP contribution in [0.1, 0.15) is 5.56 Å². The van der Waals surface area contributed by atoms with E-state index < -0.39 is 0 Å². The minimum absolute atomic E-state index is 0.483. The van der Waals surface area contributed by atoms with E-state index in [-0.39, 0.29) is 0 Å². The van der Waals surface area contributed by atoms with Gasteiger partial charge in [-0.05, 0) is 24.0 Å². The predicted octanol–water partition coefficient (Wildman–Crippen LogP) is 4.15. The average Bonchev–Trinajstić information content (AvgIpc) is 2.45. The van der Waals surface area contributed by atoms with E-state index in [1.54, 1.807) is 36.7 Å². The van der Waals surface area contributed by atoms with E-state index in [2.05, 4.69) is 9.97 Å². The molecule has 0 aliphatic rings. The van der Waals surface area contributed by atoms with Gasteiger partial charge in [0.05, 0.1) is 7.11 Å². The Hall–Kier alpha value is -0.910. The van der Waals surface area contributed by atoms with Crippen LogP contribution < -0.4 is 4.74 Å². The van der Waals surface area contributed by atoms with E-state index in [0.29, 0.717) is 10.3 Å². The monoisotopic (exact) mass is 312 g/mol. The summed E-state index contributed by atoms with van der Waals surface area (Å²) in [6.45, 7) is 0. The Morgan fingerprint density at radius 2 is 1.95 bits per heavy atom. The first-order valence-corrected chi connectivity index (χ1v) is 8.14. The van der Waals surface area contributed by atoms with Crippen LogP contribution in [0.5, 0.6) is 5.75 Å². The number of aromatic nitrogens is 2. The fraction of sp³-hybridized carbons (Fsp3) is 0.231. The summed E-state index contributed by atoms with van der Waals surface area (Å²) in [5.41, 5.74) is 1.19. The summed E-state index contributed by atoms with van der Waals surface area (Å²) < 4.78 is 5.13. The van der Waals surface area contributed by atoms with Crippen LogP contribution in [0.15, 0.2) is 40.5 Å². The van der Waals surface area contributed by atoms with Crippen LogP contribution in [0.25, 0.3) is 0 Å². The first-order valence-electron chi connectivity index (χ1n) is 5.55. The molecule has 0 spiro atoms. The maximum atomic E-state index is 5.96. The molecule has 0 unspecified atom stereocenters. The highest BCUT2D eigenvalue weighted by Gasteiger charge is 2.04. The maximum Gasteiger partial charge on any atom is 0.190 e. The molecule has 1 heterocycles. The Morgan fingerprint density at radius 1 is 1.21 bits per heavy atom. The lowest BCUT2D eigenvalue weighted by molar-refractivity contribution is 0.414. The molecule has 100 valence electrons. The molecule has 6 heteroatoms. The van der Waals surface area contributed by atoms with Gasteiger partial charge < -0.3 is 4.74 Å². The van der Waals surface area contributed by atoms with E-state index in [0.717, 1.165) is 16.5 Å². The van der Waals surface area contributed by atoms with Crippen molar-refractivity contribution in [1.82, 2.24) is 9.97 Å². The molecule has 0 saturated carbocycles. The molecule has 19 heavy (non-hydrogen) atoms. The highest BCUT2D eigenvalue weighted by molar-refractivity contribution is 7.99. The molecule has 0 radical (unpaired) electrons. The molecule has 1 aromatic heterocycles. The van der Waals surface area contributed by atoms with Gasteiger partial charge in [0.1, 0.15) is 15.9 Å². The normalized spacial score (nSPS) is 10.5. The maximum absolute atomic E-state index is 5.96. The highest BCUT2D eigenvalue weighted by Crippen LogP contribution is 2.24. The van der Waals surface area contributed by atoms with Crippen LogP contribution in [0.3, 0.4) is 0 Å². The Balaban J connectivity index is 2.03. The molecule has 2 aromatic rings. The van der Waals surface area contributed by atoms with Crippen LogP contribution in [0.4, 0.5) is 0 Å². The number of hydrogen-bond donors (Lipinski definition) is 0. The molecule has 1 aromatic carbocycles. The standard InChI is InChI=1S/C13H13ClN2OS2/c1-17-10-5-3-9(4-6-10)8-19-13-15-11(14)7-12(16-13)18-2/h3-7H,8H2,1-2H3. The molecule has 0 amide bonds. The number of rotatable bonds is 5. The third-order valence-electron chi connectivity index (χ3n) is 2.39. The Labute approximate surface area is 126 Å². The smallest absolute Gasteiger partial charge is 0.190 e. The van der Waals surface area contributed by atoms with Gasteiger partial charge in [-0.1, -0.05) is 35.5 Å². The van der Waals surface area contributed by atoms with Crippen molar-refractivity contribution in [3.8, 4) is 5.75 Å². The SMILES string of the molecule is COc1ccc(CSc2nc(Cl)cc(SC)n2)cc1. The summed E-state index contributed by atoms with van der Waals surface area (Å²) >= 11 is 9.08. The molecule has 0 N–H and O–H groups in total. The molecule has 0 saturated heterocycles. The summed E-state index contributed by atoms with van der Waals surface area (Å²) in [5, 5.41) is 2.07. The van der Waals surface area contributed by atoms with Gasteiger partial charge in [0.25, 0.3) is 0 Å². The summed E-state index contributed by atoms with van der Waals surface area (Å²) in [7, 11) is 1.66. The Morgan fingerprint density at radius 3 is 2.58 bits per heavy atom. The zero-order valence-electron chi connectivity index (χ0n) is 10.6. The minimum Gasteiger partial charge on any atom is -0.497 e. The third-order valence-corrected chi connectivity index (χ3v) is 4.13. The molecular weight excluding hydrogens is 300 g/mol. The first kappa shape index (κ1) is 14.5. The van der Waals surface area contributed by atoms with Gasteiger partial charge in [-0.15, -0.1) is 11.8 Å². The minimum atomic E-state index is 0.483. The fourth-order valence-electron chi connectivity index (χ4n) is 1.42. The lowest BCUT2D eigenvalue weighted by Gasteiger charge is -2.04. The van der Waals surface area contributed by atoms with Gasteiger partial charge >= 0.3 is 0 Å². The summed E-state index contributed by atoms with van der Waals surface area (Å²) in [6, 6.07) is 9.73. The lowest BCUT2D eigenvalue weighted by Crippen LogP contribution is -1.90. The number of nitrogens with zero attached hydrogens (tertiary/aromatic N) is 2. The molecule has 0 fully saturated rings. The van der Waals surface area contributed by atoms with Gasteiger partial charge in [-0.3, -0.25) is 0 Å². The Kier molecular flexibility index (Phi) is 5.36. The molecular formula is C13H13ClN2OS2. The zero-order chi connectivity index (χ0) is 13.7. The van der Waals surface area contributed by atoms with Crippen molar-refractivity contribution in [3.05, 3.63) is 41.0 Å². The summed E-state index contributed by atoms with van der Waals surface area (Å²) in [4.78, 5) is 8.62. The quantitative estimate of drug-likeness (QED) is 0.471. The van der Waals surface area contributed by atoms with E-state index in [1.165, 1.54) is 5.56 Å². The summed E-state index contributed by atoms with van der Waals surface area (Å²) in [6.07, 6.45) is 1.97. The van der Waals surface area contributed by atoms with E-state index in [4.69, 9.17) is 16.3 Å². The van der Waals surface area contributed by atoms with E-state index >= 15 is 0 Å². The number of ether oxygens (including phenoxy) is 1. The number of halogens is 1. The number of benzene rings is 1. The van der Waals surface area contributed by atoms with Gasteiger partial charge in [0, 0.05) is 11.8 Å². The van der Waals surface area contributed by atoms with Crippen LogP contribution in [-0.2, 0) is 5.75 Å². The number of hydrogen-bond acceptors (Lipinski definition) is 5. The van der Waals surface area contributed by atoms with Crippen molar-refractivity contribution in [2.24, 2.45) is 0 Å². The number of thioether (sulfide) groups is 2. The Bertz CT molecular complexity index is 549. The molecule has 0 bridgehead atoms. The van der Waals surface area contributed by atoms with Gasteiger partial charge in [0.2, 0.25) is 0 Å². The second kappa shape index (κ2) is 7.03. The van der Waals surface area contributed by atoms with Crippen LogP contribution in [0.2, 0.25) is 5.15 Å². The topological polar surface area (TPSA) is 35.0 Å². The molecule has 0 atom stereocenters. The second-order valence-corrected chi connectivity index (χ2v) is 5.81. The van der Waals surface area contributed by atoms with E-state index in [9.17, 15) is 0 Å². The van der Waals surface area contributed by atoms with Crippen molar-refractivity contribution < 1.29 is 4.74 Å². The van der Waals surface area contributed by atoms with Gasteiger partial charge in [-0.2, -0.15) is 0 Å². The van der Waals surface area contributed by atoms with Crippen molar-refractivity contribution in [1.29, 1.82) is 0 Å². The second-order valence-electron chi connectivity index (χ2n) is 3.65.